The van der Waals surface area contributed by atoms with Crippen LogP contribution < -0.4 is 5.32 Å². The van der Waals surface area contributed by atoms with Crippen molar-refractivity contribution >= 4 is 12.0 Å². The first-order valence-electron chi connectivity index (χ1n) is 7.04. The van der Waals surface area contributed by atoms with Crippen LogP contribution in [0.5, 0.6) is 0 Å². The van der Waals surface area contributed by atoms with Crippen LogP contribution in [-0.4, -0.2) is 54.9 Å². The van der Waals surface area contributed by atoms with Gasteiger partial charge in [-0.25, -0.2) is 9.59 Å². The maximum Gasteiger partial charge on any atom is 0.326 e. The van der Waals surface area contributed by atoms with Gasteiger partial charge in [-0.3, -0.25) is 0 Å². The molecule has 2 amide bonds. The van der Waals surface area contributed by atoms with E-state index >= 15 is 0 Å². The first-order valence-corrected chi connectivity index (χ1v) is 7.04. The van der Waals surface area contributed by atoms with Gasteiger partial charge in [0.2, 0.25) is 0 Å². The number of nitrogens with zero attached hydrogens (tertiary/aromatic N) is 1. The van der Waals surface area contributed by atoms with Gasteiger partial charge in [-0.15, -0.1) is 0 Å². The van der Waals surface area contributed by atoms with Crippen LogP contribution in [0.25, 0.3) is 0 Å². The van der Waals surface area contributed by atoms with Crippen molar-refractivity contribution in [2.24, 2.45) is 11.3 Å². The zero-order chi connectivity index (χ0) is 15.3. The maximum absolute atomic E-state index is 11.9. The Kier molecular flexibility index (Phi) is 5.80. The van der Waals surface area contributed by atoms with Gasteiger partial charge in [0.1, 0.15) is 6.04 Å². The number of urea groups is 1. The van der Waals surface area contributed by atoms with Crippen LogP contribution in [0.1, 0.15) is 33.6 Å². The third kappa shape index (κ3) is 5.77. The molecule has 0 radical (unpaired) electrons. The van der Waals surface area contributed by atoms with E-state index in [0.29, 0.717) is 19.1 Å². The van der Waals surface area contributed by atoms with Crippen LogP contribution >= 0.6 is 0 Å². The lowest BCUT2D eigenvalue weighted by Crippen LogP contribution is -2.53. The summed E-state index contributed by atoms with van der Waals surface area (Å²) in [4.78, 5) is 24.6. The average molecular weight is 286 g/mol. The summed E-state index contributed by atoms with van der Waals surface area (Å²) in [6.45, 7) is 7.04. The maximum atomic E-state index is 11.9. The number of carbonyl (C=O) groups excluding carboxylic acids is 1. The molecule has 116 valence electrons. The molecule has 1 aliphatic rings. The Morgan fingerprint density at radius 1 is 1.40 bits per heavy atom. The van der Waals surface area contributed by atoms with Crippen molar-refractivity contribution in [3.8, 4) is 0 Å². The van der Waals surface area contributed by atoms with Gasteiger partial charge in [-0.2, -0.15) is 0 Å². The number of nitrogens with one attached hydrogen (secondary N) is 1. The second-order valence-electron chi connectivity index (χ2n) is 6.53. The Morgan fingerprint density at radius 2 is 2.00 bits per heavy atom. The topological polar surface area (TPSA) is 78.9 Å². The van der Waals surface area contributed by atoms with Crippen molar-refractivity contribution in [3.63, 3.8) is 0 Å². The molecule has 2 N–H and O–H groups in total. The van der Waals surface area contributed by atoms with E-state index in [1.54, 1.807) is 27.8 Å². The van der Waals surface area contributed by atoms with Gasteiger partial charge >= 0.3 is 12.0 Å². The summed E-state index contributed by atoms with van der Waals surface area (Å²) in [5.41, 5.74) is -0.537. The molecule has 6 nitrogen and oxygen atoms in total. The van der Waals surface area contributed by atoms with Crippen molar-refractivity contribution < 1.29 is 19.4 Å². The lowest BCUT2D eigenvalue weighted by molar-refractivity contribution is -0.142. The summed E-state index contributed by atoms with van der Waals surface area (Å²) in [5, 5.41) is 11.7. The highest BCUT2D eigenvalue weighted by Crippen LogP contribution is 2.28. The number of carbonyl (C=O) groups is 2. The Labute approximate surface area is 120 Å². The number of rotatable bonds is 7. The van der Waals surface area contributed by atoms with E-state index in [4.69, 9.17) is 9.84 Å². The molecule has 0 bridgehead atoms. The Balaban J connectivity index is 2.32. The molecule has 6 heteroatoms. The molecule has 1 fully saturated rings. The number of carboxylic acid groups (broad SMARTS) is 1. The smallest absolute Gasteiger partial charge is 0.326 e. The van der Waals surface area contributed by atoms with Crippen LogP contribution in [0.15, 0.2) is 0 Å². The van der Waals surface area contributed by atoms with Crippen LogP contribution in [0.3, 0.4) is 0 Å². The minimum Gasteiger partial charge on any atom is -0.480 e. The van der Waals surface area contributed by atoms with E-state index in [2.05, 4.69) is 5.32 Å². The SMILES string of the molecule is CN(CCOCC1CC1)C(=O)N[C@@H](C(=O)O)C(C)(C)C. The molecule has 20 heavy (non-hydrogen) atoms. The molecule has 1 aliphatic carbocycles. The Bertz CT molecular complexity index is 348. The van der Waals surface area contributed by atoms with Gasteiger partial charge in [-0.1, -0.05) is 20.8 Å². The van der Waals surface area contributed by atoms with Crippen LogP contribution in [0.4, 0.5) is 4.79 Å². The Morgan fingerprint density at radius 3 is 2.45 bits per heavy atom. The molecule has 1 saturated carbocycles. The van der Waals surface area contributed by atoms with Crippen LogP contribution in [0.2, 0.25) is 0 Å². The second kappa shape index (κ2) is 6.92. The van der Waals surface area contributed by atoms with E-state index in [-0.39, 0.29) is 6.03 Å². The predicted octanol–water partition coefficient (Wildman–Crippen LogP) is 1.55. The number of amides is 2. The van der Waals surface area contributed by atoms with Crippen LogP contribution in [-0.2, 0) is 9.53 Å². The minimum absolute atomic E-state index is 0.387. The molecule has 0 aromatic carbocycles. The van der Waals surface area contributed by atoms with Crippen LogP contribution in [0, 0.1) is 11.3 Å². The zero-order valence-electron chi connectivity index (χ0n) is 12.8. The third-order valence-electron chi connectivity index (χ3n) is 3.35. The summed E-state index contributed by atoms with van der Waals surface area (Å²) >= 11 is 0. The standard InChI is InChI=1S/C14H26N2O4/c1-14(2,3)11(12(17)18)15-13(19)16(4)7-8-20-9-10-5-6-10/h10-11H,5-9H2,1-4H3,(H,15,19)(H,17,18)/t11-/m0/s1. The Hall–Kier alpha value is -1.30. The number of likely N-dealkylation sites (N-methyl/N-ethyl adjacent to an activating group) is 1. The molecular weight excluding hydrogens is 260 g/mol. The van der Waals surface area contributed by atoms with E-state index in [0.717, 1.165) is 6.61 Å². The number of carboxylic acids is 1. The highest BCUT2D eigenvalue weighted by molar-refractivity contribution is 5.83. The van der Waals surface area contributed by atoms with Crippen molar-refractivity contribution in [1.82, 2.24) is 10.2 Å². The lowest BCUT2D eigenvalue weighted by atomic mass is 9.87. The summed E-state index contributed by atoms with van der Waals surface area (Å²) in [6, 6.07) is -1.30. The first kappa shape index (κ1) is 16.8. The quantitative estimate of drug-likeness (QED) is 0.696. The van der Waals surface area contributed by atoms with E-state index in [1.165, 1.54) is 17.7 Å². The van der Waals surface area contributed by atoms with Crippen molar-refractivity contribution in [2.45, 2.75) is 39.7 Å². The third-order valence-corrected chi connectivity index (χ3v) is 3.35. The lowest BCUT2D eigenvalue weighted by Gasteiger charge is -2.29. The first-order chi connectivity index (χ1) is 9.21. The van der Waals surface area contributed by atoms with Gasteiger partial charge in [-0.05, 0) is 24.2 Å². The highest BCUT2D eigenvalue weighted by Gasteiger charge is 2.33. The van der Waals surface area contributed by atoms with Crippen molar-refractivity contribution in [3.05, 3.63) is 0 Å². The van der Waals surface area contributed by atoms with Gasteiger partial charge in [0, 0.05) is 20.2 Å². The van der Waals surface area contributed by atoms with E-state index in [9.17, 15) is 9.59 Å². The van der Waals surface area contributed by atoms with E-state index < -0.39 is 17.4 Å². The number of hydrogen-bond acceptors (Lipinski definition) is 3. The zero-order valence-corrected chi connectivity index (χ0v) is 12.8. The highest BCUT2D eigenvalue weighted by atomic mass is 16.5. The van der Waals surface area contributed by atoms with Crippen molar-refractivity contribution in [2.75, 3.05) is 26.8 Å². The molecule has 0 unspecified atom stereocenters. The molecular formula is C14H26N2O4. The van der Waals surface area contributed by atoms with Crippen molar-refractivity contribution in [1.29, 1.82) is 0 Å². The molecule has 0 aromatic heterocycles. The number of hydrogen-bond donors (Lipinski definition) is 2. The minimum atomic E-state index is -1.02. The van der Waals surface area contributed by atoms with E-state index in [1.807, 2.05) is 0 Å². The monoisotopic (exact) mass is 286 g/mol. The van der Waals surface area contributed by atoms with Gasteiger partial charge in [0.05, 0.1) is 6.61 Å². The molecule has 0 saturated heterocycles. The van der Waals surface area contributed by atoms with Gasteiger partial charge in [0.15, 0.2) is 0 Å². The molecule has 0 spiro atoms. The summed E-state index contributed by atoms with van der Waals surface area (Å²) < 4.78 is 5.46. The molecule has 0 aliphatic heterocycles. The molecule has 0 aromatic rings. The fourth-order valence-corrected chi connectivity index (χ4v) is 1.72. The molecule has 1 rings (SSSR count). The fourth-order valence-electron chi connectivity index (χ4n) is 1.72. The average Bonchev–Trinajstić information content (AvgIpc) is 3.13. The normalized spacial score (nSPS) is 16.6. The summed E-state index contributed by atoms with van der Waals surface area (Å²) in [6.07, 6.45) is 2.48. The fraction of sp³-hybridized carbons (Fsp3) is 0.857. The number of ether oxygens (including phenoxy) is 1. The number of aliphatic carboxylic acids is 1. The largest absolute Gasteiger partial charge is 0.480 e. The summed E-state index contributed by atoms with van der Waals surface area (Å²) in [7, 11) is 1.64. The molecule has 0 heterocycles. The van der Waals surface area contributed by atoms with Gasteiger partial charge in [0.25, 0.3) is 0 Å². The predicted molar refractivity (Wildman–Crippen MR) is 75.6 cm³/mol. The molecule has 1 atom stereocenters. The summed E-state index contributed by atoms with van der Waals surface area (Å²) in [5.74, 6) is -0.323. The second-order valence-corrected chi connectivity index (χ2v) is 6.53. The van der Waals surface area contributed by atoms with Gasteiger partial charge < -0.3 is 20.1 Å².